The Bertz CT molecular complexity index is 1100. The number of sulfonamides is 1. The Balaban J connectivity index is 1.56. The molecule has 0 atom stereocenters. The minimum atomic E-state index is -3.76. The number of nitrogens with zero attached hydrogens (tertiary/aromatic N) is 2. The van der Waals surface area contributed by atoms with E-state index in [0.717, 1.165) is 19.3 Å². The van der Waals surface area contributed by atoms with Crippen molar-refractivity contribution in [3.63, 3.8) is 0 Å². The molecule has 1 aliphatic heterocycles. The molecular weight excluding hydrogens is 476 g/mol. The average molecular weight is 507 g/mol. The van der Waals surface area contributed by atoms with E-state index in [1.54, 1.807) is 18.7 Å². The number of halogens is 1. The van der Waals surface area contributed by atoms with Gasteiger partial charge in [0.1, 0.15) is 0 Å². The van der Waals surface area contributed by atoms with Crippen molar-refractivity contribution in [3.05, 3.63) is 64.7 Å². The van der Waals surface area contributed by atoms with Crippen molar-refractivity contribution in [1.82, 2.24) is 9.21 Å². The molecule has 0 spiro atoms. The number of piperidine rings is 1. The molecule has 2 aromatic carbocycles. The summed E-state index contributed by atoms with van der Waals surface area (Å²) in [4.78, 5) is 26.9. The van der Waals surface area contributed by atoms with Crippen LogP contribution in [0.5, 0.6) is 0 Å². The van der Waals surface area contributed by atoms with Gasteiger partial charge in [-0.25, -0.2) is 13.2 Å². The highest BCUT2D eigenvalue weighted by Crippen LogP contribution is 2.24. The molecule has 184 valence electrons. The van der Waals surface area contributed by atoms with Crippen LogP contribution in [-0.2, 0) is 26.0 Å². The van der Waals surface area contributed by atoms with E-state index in [4.69, 9.17) is 16.3 Å². The van der Waals surface area contributed by atoms with Gasteiger partial charge in [-0.1, -0.05) is 55.8 Å². The molecule has 7 nitrogen and oxygen atoms in total. The van der Waals surface area contributed by atoms with Crippen molar-refractivity contribution >= 4 is 33.5 Å². The zero-order valence-electron chi connectivity index (χ0n) is 19.6. The largest absolute Gasteiger partial charge is 0.452 e. The quantitative estimate of drug-likeness (QED) is 0.480. The summed E-state index contributed by atoms with van der Waals surface area (Å²) in [5.41, 5.74) is 1.22. The number of amides is 1. The minimum Gasteiger partial charge on any atom is -0.452 e. The Kier molecular flexibility index (Phi) is 9.10. The van der Waals surface area contributed by atoms with Crippen molar-refractivity contribution in [2.75, 3.05) is 32.8 Å². The van der Waals surface area contributed by atoms with Crippen molar-refractivity contribution in [3.8, 4) is 0 Å². The number of hydrogen-bond donors (Lipinski definition) is 0. The normalized spacial score (nSPS) is 14.9. The lowest BCUT2D eigenvalue weighted by atomic mass is 9.90. The van der Waals surface area contributed by atoms with Crippen LogP contribution in [0.2, 0.25) is 5.02 Å². The summed E-state index contributed by atoms with van der Waals surface area (Å²) in [5.74, 6) is -0.577. The molecule has 9 heteroatoms. The van der Waals surface area contributed by atoms with Crippen LogP contribution < -0.4 is 0 Å². The van der Waals surface area contributed by atoms with E-state index in [2.05, 4.69) is 12.1 Å². The first-order chi connectivity index (χ1) is 16.3. The van der Waals surface area contributed by atoms with Crippen LogP contribution in [0.1, 0.15) is 42.6 Å². The molecule has 0 aliphatic carbocycles. The summed E-state index contributed by atoms with van der Waals surface area (Å²) in [5, 5.41) is 0.0673. The number of rotatable bonds is 9. The van der Waals surface area contributed by atoms with Crippen LogP contribution >= 0.6 is 11.6 Å². The highest BCUT2D eigenvalue weighted by atomic mass is 35.5. The van der Waals surface area contributed by atoms with Gasteiger partial charge in [0, 0.05) is 26.2 Å². The van der Waals surface area contributed by atoms with E-state index >= 15 is 0 Å². The van der Waals surface area contributed by atoms with Gasteiger partial charge in [-0.15, -0.1) is 0 Å². The molecule has 1 heterocycles. The Morgan fingerprint density at radius 2 is 1.71 bits per heavy atom. The molecule has 0 unspecified atom stereocenters. The third-order valence-corrected chi connectivity index (χ3v) is 8.54. The van der Waals surface area contributed by atoms with Gasteiger partial charge in [0.2, 0.25) is 10.0 Å². The molecular formula is C25H31ClN2O5S. The summed E-state index contributed by atoms with van der Waals surface area (Å²) < 4.78 is 32.0. The average Bonchev–Trinajstić information content (AvgIpc) is 2.84. The Labute approximate surface area is 206 Å². The predicted octanol–water partition coefficient (Wildman–Crippen LogP) is 4.01. The van der Waals surface area contributed by atoms with Gasteiger partial charge < -0.3 is 9.64 Å². The van der Waals surface area contributed by atoms with E-state index in [0.29, 0.717) is 32.1 Å². The minimum absolute atomic E-state index is 0.0423. The monoisotopic (exact) mass is 506 g/mol. The van der Waals surface area contributed by atoms with Gasteiger partial charge in [0.25, 0.3) is 5.91 Å². The van der Waals surface area contributed by atoms with Crippen LogP contribution in [0.4, 0.5) is 0 Å². The summed E-state index contributed by atoms with van der Waals surface area (Å²) in [6.07, 6.45) is 2.78. The number of likely N-dealkylation sites (tertiary alicyclic amines) is 1. The molecule has 1 amide bonds. The van der Waals surface area contributed by atoms with Gasteiger partial charge in [0.05, 0.1) is 15.5 Å². The van der Waals surface area contributed by atoms with Crippen LogP contribution in [0.3, 0.4) is 0 Å². The van der Waals surface area contributed by atoms with Gasteiger partial charge in [-0.05, 0) is 48.9 Å². The lowest BCUT2D eigenvalue weighted by Gasteiger charge is -2.32. The number of carbonyl (C=O) groups excluding carboxylic acids is 2. The topological polar surface area (TPSA) is 84.0 Å². The second kappa shape index (κ2) is 11.8. The van der Waals surface area contributed by atoms with Crippen LogP contribution in [0, 0.1) is 5.92 Å². The molecule has 1 fully saturated rings. The molecule has 0 bridgehead atoms. The van der Waals surface area contributed by atoms with Crippen LogP contribution in [-0.4, -0.2) is 62.3 Å². The second-order valence-corrected chi connectivity index (χ2v) is 10.7. The van der Waals surface area contributed by atoms with E-state index in [-0.39, 0.29) is 21.4 Å². The third-order valence-electron chi connectivity index (χ3n) is 6.16. The zero-order chi connectivity index (χ0) is 24.7. The lowest BCUT2D eigenvalue weighted by Crippen LogP contribution is -2.41. The first kappa shape index (κ1) is 26.2. The van der Waals surface area contributed by atoms with Gasteiger partial charge >= 0.3 is 5.97 Å². The SMILES string of the molecule is CCN(CC)S(=O)(=O)c1ccc(Cl)c(C(=O)OCC(=O)N2CCC(Cc3ccccc3)CC2)c1. The second-order valence-electron chi connectivity index (χ2n) is 8.32. The Morgan fingerprint density at radius 1 is 1.06 bits per heavy atom. The molecule has 34 heavy (non-hydrogen) atoms. The summed E-state index contributed by atoms with van der Waals surface area (Å²) >= 11 is 6.13. The molecule has 1 aliphatic rings. The lowest BCUT2D eigenvalue weighted by molar-refractivity contribution is -0.135. The maximum absolute atomic E-state index is 12.8. The number of ether oxygens (including phenoxy) is 1. The van der Waals surface area contributed by atoms with E-state index in [1.807, 2.05) is 18.2 Å². The molecule has 3 rings (SSSR count). The highest BCUT2D eigenvalue weighted by Gasteiger charge is 2.26. The molecule has 0 saturated carbocycles. The Morgan fingerprint density at radius 3 is 2.32 bits per heavy atom. The highest BCUT2D eigenvalue weighted by molar-refractivity contribution is 7.89. The van der Waals surface area contributed by atoms with E-state index < -0.39 is 22.6 Å². The standard InChI is InChI=1S/C25H31ClN2O5S/c1-3-28(4-2)34(31,32)21-10-11-23(26)22(17-21)25(30)33-18-24(29)27-14-12-20(13-15-27)16-19-8-6-5-7-9-19/h5-11,17,20H,3-4,12-16,18H2,1-2H3. The van der Waals surface area contributed by atoms with E-state index in [9.17, 15) is 18.0 Å². The zero-order valence-corrected chi connectivity index (χ0v) is 21.1. The van der Waals surface area contributed by atoms with Crippen molar-refractivity contribution in [1.29, 1.82) is 0 Å². The fourth-order valence-corrected chi connectivity index (χ4v) is 5.84. The number of esters is 1. The number of benzene rings is 2. The molecule has 1 saturated heterocycles. The maximum Gasteiger partial charge on any atom is 0.340 e. The van der Waals surface area contributed by atoms with Crippen molar-refractivity contribution in [2.24, 2.45) is 5.92 Å². The predicted molar refractivity (Wildman–Crippen MR) is 131 cm³/mol. The molecule has 0 radical (unpaired) electrons. The summed E-state index contributed by atoms with van der Waals surface area (Å²) in [7, 11) is -3.76. The molecule has 2 aromatic rings. The number of carbonyl (C=O) groups is 2. The van der Waals surface area contributed by atoms with E-state index in [1.165, 1.54) is 28.1 Å². The smallest absolute Gasteiger partial charge is 0.340 e. The maximum atomic E-state index is 12.8. The molecule has 0 N–H and O–H groups in total. The van der Waals surface area contributed by atoms with Gasteiger partial charge in [-0.2, -0.15) is 4.31 Å². The molecule has 0 aromatic heterocycles. The van der Waals surface area contributed by atoms with Crippen LogP contribution in [0.25, 0.3) is 0 Å². The van der Waals surface area contributed by atoms with Crippen LogP contribution in [0.15, 0.2) is 53.4 Å². The summed E-state index contributed by atoms with van der Waals surface area (Å²) in [6.45, 7) is 4.91. The first-order valence-corrected chi connectivity index (χ1v) is 13.4. The number of hydrogen-bond acceptors (Lipinski definition) is 5. The first-order valence-electron chi connectivity index (χ1n) is 11.5. The Hall–Kier alpha value is -2.42. The van der Waals surface area contributed by atoms with Crippen molar-refractivity contribution in [2.45, 2.75) is 38.0 Å². The fraction of sp³-hybridized carbons (Fsp3) is 0.440. The van der Waals surface area contributed by atoms with Gasteiger partial charge in [0.15, 0.2) is 6.61 Å². The van der Waals surface area contributed by atoms with Gasteiger partial charge in [-0.3, -0.25) is 4.79 Å². The van der Waals surface area contributed by atoms with Crippen molar-refractivity contribution < 1.29 is 22.7 Å². The summed E-state index contributed by atoms with van der Waals surface area (Å²) in [6, 6.07) is 14.2. The third kappa shape index (κ3) is 6.37. The fourth-order valence-electron chi connectivity index (χ4n) is 4.16.